The molecule has 0 bridgehead atoms. The van der Waals surface area contributed by atoms with Crippen molar-refractivity contribution in [2.75, 3.05) is 0 Å². The van der Waals surface area contributed by atoms with Crippen LogP contribution in [0.4, 0.5) is 0 Å². The summed E-state index contributed by atoms with van der Waals surface area (Å²) in [6.45, 7) is 3.52. The van der Waals surface area contributed by atoms with E-state index in [9.17, 15) is 8.42 Å². The molecule has 21 heavy (non-hydrogen) atoms. The predicted octanol–water partition coefficient (Wildman–Crippen LogP) is 1.39. The average molecular weight is 324 g/mol. The maximum absolute atomic E-state index is 12.4. The van der Waals surface area contributed by atoms with Gasteiger partial charge in [0.15, 0.2) is 0 Å². The molecule has 0 aliphatic heterocycles. The lowest BCUT2D eigenvalue weighted by atomic mass is 10.1. The zero-order valence-electron chi connectivity index (χ0n) is 11.6. The van der Waals surface area contributed by atoms with Gasteiger partial charge in [0.25, 0.3) is 0 Å². The number of nitrogens with one attached hydrogen (secondary N) is 2. The van der Waals surface area contributed by atoms with Crippen LogP contribution in [0.1, 0.15) is 29.7 Å². The number of nitrogens with zero attached hydrogens (tertiary/aromatic N) is 1. The van der Waals surface area contributed by atoms with Gasteiger partial charge >= 0.3 is 0 Å². The molecular weight excluding hydrogens is 308 g/mol. The van der Waals surface area contributed by atoms with E-state index in [0.29, 0.717) is 5.56 Å². The monoisotopic (exact) mass is 324 g/mol. The van der Waals surface area contributed by atoms with Crippen LogP contribution >= 0.6 is 12.2 Å². The standard InChI is InChI=1S/C13H16N4O2S2/c1-8-5-11(3-4-12(8)13(14)20)21(18,19)17-9(2)10-6-15-16-7-10/h3-7,9,17H,1-2H3,(H2,14,20)(H,15,16). The van der Waals surface area contributed by atoms with Gasteiger partial charge in [0.05, 0.1) is 11.1 Å². The minimum Gasteiger partial charge on any atom is -0.389 e. The molecule has 0 saturated carbocycles. The molecule has 1 heterocycles. The number of benzene rings is 1. The van der Waals surface area contributed by atoms with Gasteiger partial charge in [-0.25, -0.2) is 13.1 Å². The third-order valence-electron chi connectivity index (χ3n) is 3.12. The Hall–Kier alpha value is -1.77. The van der Waals surface area contributed by atoms with E-state index in [1.807, 2.05) is 0 Å². The fraction of sp³-hybridized carbons (Fsp3) is 0.231. The van der Waals surface area contributed by atoms with Gasteiger partial charge in [0.2, 0.25) is 10.0 Å². The number of thiocarbonyl (C=S) groups is 1. The molecule has 0 radical (unpaired) electrons. The highest BCUT2D eigenvalue weighted by Crippen LogP contribution is 2.18. The van der Waals surface area contributed by atoms with Gasteiger partial charge in [-0.1, -0.05) is 18.3 Å². The van der Waals surface area contributed by atoms with Crippen molar-refractivity contribution in [3.05, 3.63) is 47.3 Å². The first-order valence-electron chi connectivity index (χ1n) is 6.22. The van der Waals surface area contributed by atoms with E-state index in [2.05, 4.69) is 14.9 Å². The molecule has 6 nitrogen and oxygen atoms in total. The normalized spacial score (nSPS) is 13.0. The van der Waals surface area contributed by atoms with Crippen LogP contribution in [0.15, 0.2) is 35.5 Å². The number of aryl methyl sites for hydroxylation is 1. The Labute approximate surface area is 128 Å². The molecule has 0 amide bonds. The van der Waals surface area contributed by atoms with Crippen molar-refractivity contribution in [2.24, 2.45) is 5.73 Å². The molecule has 1 aromatic carbocycles. The predicted molar refractivity (Wildman–Crippen MR) is 84.4 cm³/mol. The highest BCUT2D eigenvalue weighted by Gasteiger charge is 2.19. The second-order valence-corrected chi connectivity index (χ2v) is 6.87. The molecular formula is C13H16N4O2S2. The molecule has 2 rings (SSSR count). The summed E-state index contributed by atoms with van der Waals surface area (Å²) >= 11 is 4.91. The maximum atomic E-state index is 12.4. The SMILES string of the molecule is Cc1cc(S(=O)(=O)NC(C)c2cn[nH]c2)ccc1C(N)=S. The van der Waals surface area contributed by atoms with Crippen molar-refractivity contribution in [2.45, 2.75) is 24.8 Å². The van der Waals surface area contributed by atoms with E-state index in [-0.39, 0.29) is 15.9 Å². The topological polar surface area (TPSA) is 101 Å². The fourth-order valence-corrected chi connectivity index (χ4v) is 3.49. The highest BCUT2D eigenvalue weighted by atomic mass is 32.2. The summed E-state index contributed by atoms with van der Waals surface area (Å²) in [7, 11) is -3.63. The Morgan fingerprint density at radius 1 is 1.48 bits per heavy atom. The Morgan fingerprint density at radius 2 is 2.19 bits per heavy atom. The second-order valence-electron chi connectivity index (χ2n) is 4.72. The Balaban J connectivity index is 2.28. The zero-order chi connectivity index (χ0) is 15.6. The molecule has 1 unspecified atom stereocenters. The lowest BCUT2D eigenvalue weighted by Gasteiger charge is -2.14. The van der Waals surface area contributed by atoms with Crippen molar-refractivity contribution in [1.29, 1.82) is 0 Å². The van der Waals surface area contributed by atoms with Gasteiger partial charge in [-0.2, -0.15) is 5.10 Å². The summed E-state index contributed by atoms with van der Waals surface area (Å²) in [4.78, 5) is 0.423. The minimum absolute atomic E-state index is 0.176. The molecule has 0 spiro atoms. The van der Waals surface area contributed by atoms with Crippen molar-refractivity contribution in [3.8, 4) is 0 Å². The van der Waals surface area contributed by atoms with Gasteiger partial charge in [0, 0.05) is 23.4 Å². The number of H-pyrrole nitrogens is 1. The van der Waals surface area contributed by atoms with E-state index in [1.165, 1.54) is 6.07 Å². The van der Waals surface area contributed by atoms with Crippen molar-refractivity contribution in [3.63, 3.8) is 0 Å². The van der Waals surface area contributed by atoms with Crippen molar-refractivity contribution in [1.82, 2.24) is 14.9 Å². The van der Waals surface area contributed by atoms with E-state index >= 15 is 0 Å². The Kier molecular flexibility index (Phi) is 4.40. The van der Waals surface area contributed by atoms with Crippen LogP contribution in [0.5, 0.6) is 0 Å². The first-order chi connectivity index (χ1) is 9.81. The number of hydrogen-bond acceptors (Lipinski definition) is 4. The van der Waals surface area contributed by atoms with Crippen LogP contribution < -0.4 is 10.5 Å². The largest absolute Gasteiger partial charge is 0.389 e. The molecule has 112 valence electrons. The molecule has 0 aliphatic rings. The quantitative estimate of drug-likeness (QED) is 0.722. The molecule has 0 fully saturated rings. The van der Waals surface area contributed by atoms with Crippen LogP contribution in [0.2, 0.25) is 0 Å². The maximum Gasteiger partial charge on any atom is 0.241 e. The summed E-state index contributed by atoms with van der Waals surface area (Å²) in [5.74, 6) is 0. The van der Waals surface area contributed by atoms with E-state index in [0.717, 1.165) is 11.1 Å². The summed E-state index contributed by atoms with van der Waals surface area (Å²) < 4.78 is 27.3. The zero-order valence-corrected chi connectivity index (χ0v) is 13.3. The molecule has 1 aromatic heterocycles. The lowest BCUT2D eigenvalue weighted by Crippen LogP contribution is -2.27. The number of sulfonamides is 1. The van der Waals surface area contributed by atoms with Crippen LogP contribution in [0.3, 0.4) is 0 Å². The second kappa shape index (κ2) is 5.92. The van der Waals surface area contributed by atoms with Gasteiger partial charge < -0.3 is 5.73 Å². The van der Waals surface area contributed by atoms with Gasteiger partial charge in [-0.15, -0.1) is 0 Å². The van der Waals surface area contributed by atoms with E-state index in [1.54, 1.807) is 38.4 Å². The number of hydrogen-bond donors (Lipinski definition) is 3. The third kappa shape index (κ3) is 3.46. The fourth-order valence-electron chi connectivity index (χ4n) is 1.95. The number of aromatic amines is 1. The third-order valence-corrected chi connectivity index (χ3v) is 4.88. The lowest BCUT2D eigenvalue weighted by molar-refractivity contribution is 0.567. The minimum atomic E-state index is -3.63. The van der Waals surface area contributed by atoms with Crippen molar-refractivity contribution < 1.29 is 8.42 Å². The van der Waals surface area contributed by atoms with E-state index in [4.69, 9.17) is 18.0 Å². The number of rotatable bonds is 5. The molecule has 8 heteroatoms. The Bertz CT molecular complexity index is 754. The summed E-state index contributed by atoms with van der Waals surface area (Å²) in [5.41, 5.74) is 7.73. The first-order valence-corrected chi connectivity index (χ1v) is 8.12. The molecule has 0 saturated heterocycles. The summed E-state index contributed by atoms with van der Waals surface area (Å²) in [6.07, 6.45) is 3.22. The molecule has 1 atom stereocenters. The van der Waals surface area contributed by atoms with E-state index < -0.39 is 10.0 Å². The molecule has 2 aromatic rings. The summed E-state index contributed by atoms with van der Waals surface area (Å²) in [6, 6.07) is 4.28. The van der Waals surface area contributed by atoms with Crippen LogP contribution in [-0.4, -0.2) is 23.6 Å². The smallest absolute Gasteiger partial charge is 0.241 e. The number of nitrogens with two attached hydrogens (primary N) is 1. The first kappa shape index (κ1) is 15.6. The van der Waals surface area contributed by atoms with Crippen LogP contribution in [-0.2, 0) is 10.0 Å². The molecule has 0 aliphatic carbocycles. The van der Waals surface area contributed by atoms with Crippen LogP contribution in [0, 0.1) is 6.92 Å². The van der Waals surface area contributed by atoms with Crippen LogP contribution in [0.25, 0.3) is 0 Å². The molecule has 4 N–H and O–H groups in total. The average Bonchev–Trinajstić information content (AvgIpc) is 2.91. The van der Waals surface area contributed by atoms with Crippen molar-refractivity contribution >= 4 is 27.2 Å². The van der Waals surface area contributed by atoms with Gasteiger partial charge in [-0.3, -0.25) is 5.10 Å². The number of aromatic nitrogens is 2. The Morgan fingerprint density at radius 3 is 2.71 bits per heavy atom. The summed E-state index contributed by atoms with van der Waals surface area (Å²) in [5, 5.41) is 6.46. The highest BCUT2D eigenvalue weighted by molar-refractivity contribution is 7.89. The van der Waals surface area contributed by atoms with Gasteiger partial charge in [0.1, 0.15) is 4.99 Å². The van der Waals surface area contributed by atoms with Gasteiger partial charge in [-0.05, 0) is 31.5 Å².